The van der Waals surface area contributed by atoms with Gasteiger partial charge in [0.1, 0.15) is 5.69 Å². The van der Waals surface area contributed by atoms with Crippen molar-refractivity contribution < 1.29 is 14.0 Å². The summed E-state index contributed by atoms with van der Waals surface area (Å²) in [6.45, 7) is 4.16. The van der Waals surface area contributed by atoms with E-state index in [4.69, 9.17) is 0 Å². The van der Waals surface area contributed by atoms with E-state index in [1.165, 1.54) is 6.07 Å². The average molecular weight is 420 g/mol. The van der Waals surface area contributed by atoms with Gasteiger partial charge in [-0.3, -0.25) is 14.6 Å². The second kappa shape index (κ2) is 10.1. The van der Waals surface area contributed by atoms with Crippen molar-refractivity contribution in [3.63, 3.8) is 0 Å². The molecule has 6 heteroatoms. The molecule has 0 aliphatic heterocycles. The maximum atomic E-state index is 13.1. The minimum absolute atomic E-state index is 0.0609. The molecule has 160 valence electrons. The summed E-state index contributed by atoms with van der Waals surface area (Å²) >= 11 is 0. The van der Waals surface area contributed by atoms with Crippen LogP contribution >= 0.6 is 0 Å². The standard InChI is InChI=1S/C25H26FN3O2/c1-4-25(31)29(3)16-18-5-7-20(8-6-18)21-9-12-22(27-15-21)23(30)13-10-19-11-14-24(26)28-17(19)2/h5-9,11-12,14-15H,4,10,13,16H2,1-3H3. The van der Waals surface area contributed by atoms with Crippen LogP contribution in [0.4, 0.5) is 4.39 Å². The highest BCUT2D eigenvalue weighted by Crippen LogP contribution is 2.20. The Hall–Kier alpha value is -3.41. The van der Waals surface area contributed by atoms with E-state index in [9.17, 15) is 14.0 Å². The van der Waals surface area contributed by atoms with E-state index in [2.05, 4.69) is 9.97 Å². The average Bonchev–Trinajstić information content (AvgIpc) is 2.78. The van der Waals surface area contributed by atoms with Gasteiger partial charge in [0.25, 0.3) is 0 Å². The monoisotopic (exact) mass is 419 g/mol. The van der Waals surface area contributed by atoms with Gasteiger partial charge >= 0.3 is 0 Å². The van der Waals surface area contributed by atoms with Gasteiger partial charge in [0.2, 0.25) is 11.9 Å². The SMILES string of the molecule is CCC(=O)N(C)Cc1ccc(-c2ccc(C(=O)CCc3ccc(F)nc3C)nc2)cc1. The van der Waals surface area contributed by atoms with E-state index in [0.717, 1.165) is 22.3 Å². The molecular weight excluding hydrogens is 393 g/mol. The fourth-order valence-electron chi connectivity index (χ4n) is 3.36. The molecule has 0 fully saturated rings. The van der Waals surface area contributed by atoms with Crippen molar-refractivity contribution in [2.75, 3.05) is 7.05 Å². The molecule has 3 rings (SSSR count). The van der Waals surface area contributed by atoms with Crippen LogP contribution < -0.4 is 0 Å². The Bertz CT molecular complexity index is 1060. The molecule has 1 aromatic carbocycles. The molecule has 2 heterocycles. The first-order valence-electron chi connectivity index (χ1n) is 10.3. The van der Waals surface area contributed by atoms with Crippen molar-refractivity contribution in [3.05, 3.63) is 83.2 Å². The number of carbonyl (C=O) groups is 2. The largest absolute Gasteiger partial charge is 0.341 e. The van der Waals surface area contributed by atoms with Crippen molar-refractivity contribution >= 4 is 11.7 Å². The smallest absolute Gasteiger partial charge is 0.222 e. The van der Waals surface area contributed by atoms with Crippen LogP contribution in [0.5, 0.6) is 0 Å². The number of aromatic nitrogens is 2. The summed E-state index contributed by atoms with van der Waals surface area (Å²) in [5, 5.41) is 0. The molecule has 0 radical (unpaired) electrons. The van der Waals surface area contributed by atoms with Crippen LogP contribution in [0.15, 0.2) is 54.7 Å². The summed E-state index contributed by atoms with van der Waals surface area (Å²) < 4.78 is 13.1. The molecule has 0 saturated carbocycles. The highest BCUT2D eigenvalue weighted by molar-refractivity contribution is 5.94. The first-order chi connectivity index (χ1) is 14.9. The summed E-state index contributed by atoms with van der Waals surface area (Å²) in [5.41, 5.74) is 4.83. The Morgan fingerprint density at radius 2 is 1.71 bits per heavy atom. The number of hydrogen-bond donors (Lipinski definition) is 0. The van der Waals surface area contributed by atoms with Crippen LogP contribution in [0.1, 0.15) is 47.1 Å². The molecule has 1 amide bonds. The molecule has 0 spiro atoms. The van der Waals surface area contributed by atoms with Gasteiger partial charge < -0.3 is 4.90 Å². The number of carbonyl (C=O) groups excluding carboxylic acids is 2. The van der Waals surface area contributed by atoms with Gasteiger partial charge in [-0.05, 0) is 42.2 Å². The normalized spacial score (nSPS) is 10.7. The van der Waals surface area contributed by atoms with Crippen molar-refractivity contribution in [3.8, 4) is 11.1 Å². The van der Waals surface area contributed by atoms with Gasteiger partial charge in [-0.25, -0.2) is 4.98 Å². The molecule has 0 N–H and O–H groups in total. The number of rotatable bonds is 8. The van der Waals surface area contributed by atoms with Gasteiger partial charge in [0, 0.05) is 43.9 Å². The zero-order valence-corrected chi connectivity index (χ0v) is 18.1. The maximum absolute atomic E-state index is 13.1. The number of aryl methyl sites for hydroxylation is 2. The van der Waals surface area contributed by atoms with Crippen molar-refractivity contribution in [2.45, 2.75) is 39.7 Å². The molecule has 3 aromatic rings. The number of halogens is 1. The fourth-order valence-corrected chi connectivity index (χ4v) is 3.36. The number of hydrogen-bond acceptors (Lipinski definition) is 4. The van der Waals surface area contributed by atoms with Crippen molar-refractivity contribution in [1.82, 2.24) is 14.9 Å². The van der Waals surface area contributed by atoms with Gasteiger partial charge in [0.05, 0.1) is 0 Å². The van der Waals surface area contributed by atoms with Crippen LogP contribution in [0, 0.1) is 12.9 Å². The molecule has 0 unspecified atom stereocenters. The third-order valence-electron chi connectivity index (χ3n) is 5.27. The third kappa shape index (κ3) is 5.81. The topological polar surface area (TPSA) is 63.2 Å². The molecule has 0 aliphatic rings. The van der Waals surface area contributed by atoms with Crippen molar-refractivity contribution in [1.29, 1.82) is 0 Å². The molecule has 0 saturated heterocycles. The molecule has 5 nitrogen and oxygen atoms in total. The molecule has 31 heavy (non-hydrogen) atoms. The minimum atomic E-state index is -0.515. The van der Waals surface area contributed by atoms with Crippen molar-refractivity contribution in [2.24, 2.45) is 0 Å². The lowest BCUT2D eigenvalue weighted by atomic mass is 10.0. The highest BCUT2D eigenvalue weighted by Gasteiger charge is 2.11. The summed E-state index contributed by atoms with van der Waals surface area (Å²) in [7, 11) is 1.80. The number of Topliss-reactive ketones (excluding diaryl/α,β-unsaturated/α-hetero) is 1. The van der Waals surface area contributed by atoms with Crippen LogP contribution in [-0.4, -0.2) is 33.6 Å². The predicted molar refractivity (Wildman–Crippen MR) is 118 cm³/mol. The quantitative estimate of drug-likeness (QED) is 0.390. The Morgan fingerprint density at radius 3 is 2.32 bits per heavy atom. The summed E-state index contributed by atoms with van der Waals surface area (Å²) in [5.74, 6) is -0.465. The fraction of sp³-hybridized carbons (Fsp3) is 0.280. The molecule has 2 aromatic heterocycles. The van der Waals surface area contributed by atoms with E-state index < -0.39 is 5.95 Å². The predicted octanol–water partition coefficient (Wildman–Crippen LogP) is 4.78. The van der Waals surface area contributed by atoms with Crippen LogP contribution in [0.25, 0.3) is 11.1 Å². The number of benzene rings is 1. The highest BCUT2D eigenvalue weighted by atomic mass is 19.1. The molecule has 0 aliphatic carbocycles. The van der Waals surface area contributed by atoms with E-state index in [-0.39, 0.29) is 11.7 Å². The van der Waals surface area contributed by atoms with Gasteiger partial charge in [-0.1, -0.05) is 43.3 Å². The minimum Gasteiger partial charge on any atom is -0.341 e. The molecule has 0 atom stereocenters. The third-order valence-corrected chi connectivity index (χ3v) is 5.27. The van der Waals surface area contributed by atoms with Gasteiger partial charge in [0.15, 0.2) is 5.78 Å². The first-order valence-corrected chi connectivity index (χ1v) is 10.3. The number of amides is 1. The Balaban J connectivity index is 1.61. The number of pyridine rings is 2. The maximum Gasteiger partial charge on any atom is 0.222 e. The van der Waals surface area contributed by atoms with Crippen LogP contribution in [0.3, 0.4) is 0 Å². The second-order valence-electron chi connectivity index (χ2n) is 7.53. The lowest BCUT2D eigenvalue weighted by Gasteiger charge is -2.16. The molecule has 0 bridgehead atoms. The lowest BCUT2D eigenvalue weighted by Crippen LogP contribution is -2.25. The molecular formula is C25H26FN3O2. The van der Waals surface area contributed by atoms with Gasteiger partial charge in [-0.2, -0.15) is 4.39 Å². The van der Waals surface area contributed by atoms with E-state index in [1.807, 2.05) is 37.3 Å². The Morgan fingerprint density at radius 1 is 1.00 bits per heavy atom. The second-order valence-corrected chi connectivity index (χ2v) is 7.53. The summed E-state index contributed by atoms with van der Waals surface area (Å²) in [4.78, 5) is 34.0. The summed E-state index contributed by atoms with van der Waals surface area (Å²) in [6.07, 6.45) is 2.97. The lowest BCUT2D eigenvalue weighted by molar-refractivity contribution is -0.130. The van der Waals surface area contributed by atoms with Crippen LogP contribution in [0.2, 0.25) is 0 Å². The van der Waals surface area contributed by atoms with E-state index in [1.54, 1.807) is 37.2 Å². The summed E-state index contributed by atoms with van der Waals surface area (Å²) in [6, 6.07) is 14.6. The zero-order chi connectivity index (χ0) is 22.4. The van der Waals surface area contributed by atoms with E-state index in [0.29, 0.717) is 37.2 Å². The first kappa shape index (κ1) is 22.3. The number of ketones is 1. The number of nitrogens with zero attached hydrogens (tertiary/aromatic N) is 3. The zero-order valence-electron chi connectivity index (χ0n) is 18.1. The van der Waals surface area contributed by atoms with E-state index >= 15 is 0 Å². The van der Waals surface area contributed by atoms with Crippen LogP contribution in [-0.2, 0) is 17.8 Å². The Kier molecular flexibility index (Phi) is 7.23. The van der Waals surface area contributed by atoms with Gasteiger partial charge in [-0.15, -0.1) is 0 Å². The Labute approximate surface area is 182 Å².